The molecule has 0 spiro atoms. The maximum absolute atomic E-state index is 12.3. The van der Waals surface area contributed by atoms with Gasteiger partial charge in [-0.2, -0.15) is 5.10 Å². The number of guanidine groups is 1. The zero-order valence-electron chi connectivity index (χ0n) is 14.4. The van der Waals surface area contributed by atoms with E-state index in [4.69, 9.17) is 4.42 Å². The fourth-order valence-corrected chi connectivity index (χ4v) is 2.75. The number of nitrogens with one attached hydrogen (secondary N) is 1. The standard InChI is InChI=1S/C16H22N6O2.HI/c1-17-16(18-10-13-11-19-20(2)12-13)22-7-5-21(6-8-22)15(23)14-4-3-9-24-14;/h3-4,9,11-12H,5-8,10H2,1-2H3,(H,17,18);1H. The minimum Gasteiger partial charge on any atom is -0.459 e. The second-order valence-electron chi connectivity index (χ2n) is 5.68. The van der Waals surface area contributed by atoms with E-state index in [1.165, 1.54) is 6.26 Å². The third kappa shape index (κ3) is 4.74. The molecule has 2 aromatic heterocycles. The van der Waals surface area contributed by atoms with E-state index in [-0.39, 0.29) is 29.9 Å². The first-order chi connectivity index (χ1) is 11.7. The van der Waals surface area contributed by atoms with Crippen molar-refractivity contribution in [3.63, 3.8) is 0 Å². The highest BCUT2D eigenvalue weighted by Gasteiger charge is 2.25. The topological polar surface area (TPSA) is 78.9 Å². The van der Waals surface area contributed by atoms with Crippen LogP contribution in [0.25, 0.3) is 0 Å². The molecule has 1 aliphatic heterocycles. The molecule has 0 saturated carbocycles. The average Bonchev–Trinajstić information content (AvgIpc) is 3.27. The molecule has 1 saturated heterocycles. The summed E-state index contributed by atoms with van der Waals surface area (Å²) in [4.78, 5) is 20.6. The summed E-state index contributed by atoms with van der Waals surface area (Å²) in [5.41, 5.74) is 1.10. The zero-order chi connectivity index (χ0) is 16.9. The van der Waals surface area contributed by atoms with Gasteiger partial charge >= 0.3 is 0 Å². The summed E-state index contributed by atoms with van der Waals surface area (Å²) in [6.45, 7) is 3.44. The Labute approximate surface area is 163 Å². The van der Waals surface area contributed by atoms with E-state index in [2.05, 4.69) is 20.3 Å². The highest BCUT2D eigenvalue weighted by Crippen LogP contribution is 2.09. The number of aliphatic imine (C=N–C) groups is 1. The lowest BCUT2D eigenvalue weighted by atomic mass is 10.3. The quantitative estimate of drug-likeness (QED) is 0.425. The molecule has 0 aromatic carbocycles. The largest absolute Gasteiger partial charge is 0.459 e. The van der Waals surface area contributed by atoms with E-state index in [1.807, 2.05) is 24.3 Å². The predicted octanol–water partition coefficient (Wildman–Crippen LogP) is 1.16. The van der Waals surface area contributed by atoms with Crippen LogP contribution in [0.4, 0.5) is 0 Å². The highest BCUT2D eigenvalue weighted by molar-refractivity contribution is 14.0. The first kappa shape index (κ1) is 19.3. The molecule has 0 radical (unpaired) electrons. The van der Waals surface area contributed by atoms with Gasteiger partial charge in [-0.1, -0.05) is 0 Å². The second kappa shape index (κ2) is 8.88. The van der Waals surface area contributed by atoms with Gasteiger partial charge < -0.3 is 19.5 Å². The number of carbonyl (C=O) groups excluding carboxylic acids is 1. The van der Waals surface area contributed by atoms with Gasteiger partial charge in [-0.05, 0) is 12.1 Å². The third-order valence-corrected chi connectivity index (χ3v) is 4.02. The minimum absolute atomic E-state index is 0. The molecule has 8 nitrogen and oxygen atoms in total. The van der Waals surface area contributed by atoms with Crippen LogP contribution in [0.2, 0.25) is 0 Å². The molecule has 136 valence electrons. The number of halogens is 1. The van der Waals surface area contributed by atoms with Crippen molar-refractivity contribution in [2.45, 2.75) is 6.54 Å². The SMILES string of the molecule is CN=C(NCc1cnn(C)c1)N1CCN(C(=O)c2ccco2)CC1.I. The predicted molar refractivity (Wildman–Crippen MR) is 105 cm³/mol. The molecule has 3 rings (SSSR count). The van der Waals surface area contributed by atoms with Crippen LogP contribution < -0.4 is 5.32 Å². The van der Waals surface area contributed by atoms with E-state index in [0.717, 1.165) is 24.6 Å². The van der Waals surface area contributed by atoms with Gasteiger partial charge in [0.15, 0.2) is 11.7 Å². The molecular weight excluding hydrogens is 435 g/mol. The molecule has 1 amide bonds. The lowest BCUT2D eigenvalue weighted by Gasteiger charge is -2.36. The minimum atomic E-state index is -0.0574. The fraction of sp³-hybridized carbons (Fsp3) is 0.438. The normalized spacial score (nSPS) is 15.0. The number of rotatable bonds is 3. The number of carbonyl (C=O) groups is 1. The van der Waals surface area contributed by atoms with Gasteiger partial charge in [-0.15, -0.1) is 24.0 Å². The van der Waals surface area contributed by atoms with Gasteiger partial charge in [-0.3, -0.25) is 14.5 Å². The summed E-state index contributed by atoms with van der Waals surface area (Å²) in [5, 5.41) is 7.50. The third-order valence-electron chi connectivity index (χ3n) is 4.02. The number of hydrogen-bond donors (Lipinski definition) is 1. The van der Waals surface area contributed by atoms with Gasteiger partial charge in [0, 0.05) is 58.6 Å². The molecule has 0 bridgehead atoms. The Morgan fingerprint density at radius 3 is 2.60 bits per heavy atom. The van der Waals surface area contributed by atoms with E-state index in [0.29, 0.717) is 25.4 Å². The molecule has 2 aromatic rings. The van der Waals surface area contributed by atoms with Crippen LogP contribution in [0.1, 0.15) is 16.1 Å². The Morgan fingerprint density at radius 2 is 2.04 bits per heavy atom. The Morgan fingerprint density at radius 1 is 1.32 bits per heavy atom. The summed E-state index contributed by atoms with van der Waals surface area (Å²) in [6, 6.07) is 3.43. The number of furan rings is 1. The van der Waals surface area contributed by atoms with Crippen LogP contribution in [0.3, 0.4) is 0 Å². The van der Waals surface area contributed by atoms with E-state index < -0.39 is 0 Å². The molecule has 1 fully saturated rings. The number of amides is 1. The van der Waals surface area contributed by atoms with E-state index >= 15 is 0 Å². The molecular formula is C16H23IN6O2. The van der Waals surface area contributed by atoms with Gasteiger partial charge in [0.2, 0.25) is 0 Å². The zero-order valence-corrected chi connectivity index (χ0v) is 16.7. The first-order valence-corrected chi connectivity index (χ1v) is 7.93. The van der Waals surface area contributed by atoms with Crippen molar-refractivity contribution in [3.05, 3.63) is 42.1 Å². The van der Waals surface area contributed by atoms with Gasteiger partial charge in [-0.25, -0.2) is 0 Å². The fourth-order valence-electron chi connectivity index (χ4n) is 2.75. The van der Waals surface area contributed by atoms with Crippen molar-refractivity contribution >= 4 is 35.8 Å². The lowest BCUT2D eigenvalue weighted by Crippen LogP contribution is -2.53. The molecule has 9 heteroatoms. The second-order valence-corrected chi connectivity index (χ2v) is 5.68. The van der Waals surface area contributed by atoms with E-state index in [1.54, 1.807) is 23.9 Å². The highest BCUT2D eigenvalue weighted by atomic mass is 127. The monoisotopic (exact) mass is 458 g/mol. The molecule has 0 aliphatic carbocycles. The first-order valence-electron chi connectivity index (χ1n) is 7.93. The van der Waals surface area contributed by atoms with Crippen LogP contribution in [0, 0.1) is 0 Å². The van der Waals surface area contributed by atoms with Crippen molar-refractivity contribution in [2.75, 3.05) is 33.2 Å². The van der Waals surface area contributed by atoms with E-state index in [9.17, 15) is 4.79 Å². The molecule has 3 heterocycles. The number of piperazine rings is 1. The molecule has 1 N–H and O–H groups in total. The van der Waals surface area contributed by atoms with Crippen LogP contribution in [0.15, 0.2) is 40.2 Å². The average molecular weight is 458 g/mol. The summed E-state index contributed by atoms with van der Waals surface area (Å²) in [6.07, 6.45) is 5.33. The van der Waals surface area contributed by atoms with Crippen LogP contribution in [0.5, 0.6) is 0 Å². The molecule has 0 atom stereocenters. The maximum Gasteiger partial charge on any atom is 0.289 e. The molecule has 25 heavy (non-hydrogen) atoms. The Balaban J connectivity index is 0.00000225. The number of nitrogens with zero attached hydrogens (tertiary/aromatic N) is 5. The smallest absolute Gasteiger partial charge is 0.289 e. The van der Waals surface area contributed by atoms with Crippen LogP contribution >= 0.6 is 24.0 Å². The summed E-state index contributed by atoms with van der Waals surface area (Å²) < 4.78 is 6.96. The van der Waals surface area contributed by atoms with Gasteiger partial charge in [0.25, 0.3) is 5.91 Å². The Hall–Kier alpha value is -2.04. The van der Waals surface area contributed by atoms with Crippen molar-refractivity contribution < 1.29 is 9.21 Å². The van der Waals surface area contributed by atoms with Crippen LogP contribution in [-0.2, 0) is 13.6 Å². The maximum atomic E-state index is 12.3. The van der Waals surface area contributed by atoms with Crippen molar-refractivity contribution in [1.82, 2.24) is 24.9 Å². The van der Waals surface area contributed by atoms with Crippen molar-refractivity contribution in [2.24, 2.45) is 12.0 Å². The Kier molecular flexibility index (Phi) is 6.85. The van der Waals surface area contributed by atoms with Crippen LogP contribution in [-0.4, -0.2) is 64.7 Å². The molecule has 0 unspecified atom stereocenters. The van der Waals surface area contributed by atoms with Crippen molar-refractivity contribution in [1.29, 1.82) is 0 Å². The number of aryl methyl sites for hydroxylation is 1. The summed E-state index contributed by atoms with van der Waals surface area (Å²) in [7, 11) is 3.67. The Bertz CT molecular complexity index is 704. The van der Waals surface area contributed by atoms with Crippen molar-refractivity contribution in [3.8, 4) is 0 Å². The summed E-state index contributed by atoms with van der Waals surface area (Å²) >= 11 is 0. The number of hydrogen-bond acceptors (Lipinski definition) is 4. The van der Waals surface area contributed by atoms with Gasteiger partial charge in [0.1, 0.15) is 0 Å². The number of aromatic nitrogens is 2. The summed E-state index contributed by atoms with van der Waals surface area (Å²) in [5.74, 6) is 1.17. The van der Waals surface area contributed by atoms with Gasteiger partial charge in [0.05, 0.1) is 12.5 Å². The molecule has 1 aliphatic rings. The lowest BCUT2D eigenvalue weighted by molar-refractivity contribution is 0.0657.